The Labute approximate surface area is 123 Å². The largest absolute Gasteiger partial charge is 0.497 e. The van der Waals surface area contributed by atoms with Gasteiger partial charge in [0.25, 0.3) is 0 Å². The van der Waals surface area contributed by atoms with Crippen LogP contribution in [0, 0.1) is 5.92 Å². The lowest BCUT2D eigenvalue weighted by Gasteiger charge is -2.24. The third-order valence-corrected chi connectivity index (χ3v) is 3.59. The molecule has 1 aliphatic heterocycles. The van der Waals surface area contributed by atoms with E-state index in [4.69, 9.17) is 9.47 Å². The minimum atomic E-state index is -0.175. The number of amides is 1. The smallest absolute Gasteiger partial charge is 0.231 e. The lowest BCUT2D eigenvalue weighted by atomic mass is 9.96. The molecule has 0 saturated carbocycles. The highest BCUT2D eigenvalue weighted by Crippen LogP contribution is 2.27. The van der Waals surface area contributed by atoms with Gasteiger partial charge in [0.2, 0.25) is 5.91 Å². The fourth-order valence-electron chi connectivity index (χ4n) is 2.44. The number of hydrogen-bond donors (Lipinski definition) is 1. The monoisotopic (exact) mass is 283 g/mol. The van der Waals surface area contributed by atoms with Crippen molar-refractivity contribution in [3.05, 3.63) is 54.1 Å². The molecule has 1 amide bonds. The molecule has 0 fully saturated rings. The van der Waals surface area contributed by atoms with E-state index in [0.717, 1.165) is 22.7 Å². The van der Waals surface area contributed by atoms with Gasteiger partial charge in [-0.2, -0.15) is 0 Å². The van der Waals surface area contributed by atoms with Crippen molar-refractivity contribution in [3.63, 3.8) is 0 Å². The maximum atomic E-state index is 12.3. The van der Waals surface area contributed by atoms with Crippen LogP contribution in [-0.4, -0.2) is 19.6 Å². The number of anilines is 1. The number of fused-ring (bicyclic) bond motifs is 1. The van der Waals surface area contributed by atoms with Gasteiger partial charge in [-0.1, -0.05) is 24.3 Å². The van der Waals surface area contributed by atoms with Crippen LogP contribution in [0.15, 0.2) is 48.5 Å². The van der Waals surface area contributed by atoms with Crippen molar-refractivity contribution in [3.8, 4) is 11.5 Å². The summed E-state index contributed by atoms with van der Waals surface area (Å²) in [5.41, 5.74) is 1.81. The van der Waals surface area contributed by atoms with Crippen molar-refractivity contribution in [2.45, 2.75) is 6.42 Å². The van der Waals surface area contributed by atoms with Gasteiger partial charge in [-0.25, -0.2) is 0 Å². The molecule has 0 saturated heterocycles. The molecule has 108 valence electrons. The van der Waals surface area contributed by atoms with Gasteiger partial charge in [0.05, 0.1) is 13.0 Å². The van der Waals surface area contributed by atoms with Crippen molar-refractivity contribution in [2.75, 3.05) is 19.0 Å². The predicted molar refractivity (Wildman–Crippen MR) is 80.8 cm³/mol. The van der Waals surface area contributed by atoms with Gasteiger partial charge in [0.15, 0.2) is 0 Å². The van der Waals surface area contributed by atoms with Crippen molar-refractivity contribution >= 4 is 11.6 Å². The van der Waals surface area contributed by atoms with Crippen LogP contribution in [0.5, 0.6) is 11.5 Å². The molecule has 0 bridgehead atoms. The van der Waals surface area contributed by atoms with E-state index in [-0.39, 0.29) is 11.8 Å². The van der Waals surface area contributed by atoms with Crippen LogP contribution in [-0.2, 0) is 11.2 Å². The topological polar surface area (TPSA) is 47.6 Å². The molecule has 21 heavy (non-hydrogen) atoms. The highest BCUT2D eigenvalue weighted by Gasteiger charge is 2.25. The van der Waals surface area contributed by atoms with E-state index in [9.17, 15) is 4.79 Å². The first-order valence-corrected chi connectivity index (χ1v) is 6.92. The first-order valence-electron chi connectivity index (χ1n) is 6.92. The highest BCUT2D eigenvalue weighted by atomic mass is 16.5. The lowest BCUT2D eigenvalue weighted by molar-refractivity contribution is -0.121. The maximum Gasteiger partial charge on any atom is 0.231 e. The molecule has 2 aromatic rings. The van der Waals surface area contributed by atoms with E-state index in [2.05, 4.69) is 5.32 Å². The van der Waals surface area contributed by atoms with Gasteiger partial charge >= 0.3 is 0 Å². The minimum absolute atomic E-state index is 0.0299. The number of nitrogens with one attached hydrogen (secondary N) is 1. The molecule has 0 spiro atoms. The number of carbonyl (C=O) groups is 1. The Morgan fingerprint density at radius 2 is 2.10 bits per heavy atom. The fourth-order valence-corrected chi connectivity index (χ4v) is 2.44. The SMILES string of the molecule is COc1cccc(NC(=O)C2COc3ccccc3C2)c1. The predicted octanol–water partition coefficient (Wildman–Crippen LogP) is 2.89. The van der Waals surface area contributed by atoms with Crippen molar-refractivity contribution in [1.82, 2.24) is 0 Å². The quantitative estimate of drug-likeness (QED) is 0.942. The third kappa shape index (κ3) is 2.99. The van der Waals surface area contributed by atoms with Crippen LogP contribution in [0.3, 0.4) is 0 Å². The Balaban J connectivity index is 1.69. The second kappa shape index (κ2) is 5.87. The molecule has 0 radical (unpaired) electrons. The number of hydrogen-bond acceptors (Lipinski definition) is 3. The number of ether oxygens (including phenoxy) is 2. The number of para-hydroxylation sites is 1. The zero-order valence-electron chi connectivity index (χ0n) is 11.8. The van der Waals surface area contributed by atoms with Crippen LogP contribution < -0.4 is 14.8 Å². The summed E-state index contributed by atoms with van der Waals surface area (Å²) in [4.78, 5) is 12.3. The Morgan fingerprint density at radius 3 is 2.95 bits per heavy atom. The van der Waals surface area contributed by atoms with Crippen LogP contribution in [0.25, 0.3) is 0 Å². The van der Waals surface area contributed by atoms with E-state index in [1.807, 2.05) is 42.5 Å². The molecule has 2 aromatic carbocycles. The van der Waals surface area contributed by atoms with Gasteiger partial charge in [-0.3, -0.25) is 4.79 Å². The zero-order chi connectivity index (χ0) is 14.7. The zero-order valence-corrected chi connectivity index (χ0v) is 11.8. The van der Waals surface area contributed by atoms with E-state index >= 15 is 0 Å². The summed E-state index contributed by atoms with van der Waals surface area (Å²) in [6.07, 6.45) is 0.700. The summed E-state index contributed by atoms with van der Waals surface area (Å²) >= 11 is 0. The molecule has 1 N–H and O–H groups in total. The third-order valence-electron chi connectivity index (χ3n) is 3.59. The van der Waals surface area contributed by atoms with Gasteiger partial charge in [-0.15, -0.1) is 0 Å². The lowest BCUT2D eigenvalue weighted by Crippen LogP contribution is -2.32. The Kier molecular flexibility index (Phi) is 3.77. The van der Waals surface area contributed by atoms with Crippen molar-refractivity contribution < 1.29 is 14.3 Å². The number of carbonyl (C=O) groups excluding carboxylic acids is 1. The molecule has 1 unspecified atom stereocenters. The molecule has 4 nitrogen and oxygen atoms in total. The van der Waals surface area contributed by atoms with E-state index < -0.39 is 0 Å². The summed E-state index contributed by atoms with van der Waals surface area (Å²) in [5, 5.41) is 2.92. The first-order chi connectivity index (χ1) is 10.3. The van der Waals surface area contributed by atoms with Crippen LogP contribution in [0.1, 0.15) is 5.56 Å². The molecule has 0 aliphatic carbocycles. The van der Waals surface area contributed by atoms with Gasteiger partial charge < -0.3 is 14.8 Å². The molecule has 4 heteroatoms. The van der Waals surface area contributed by atoms with Crippen molar-refractivity contribution in [1.29, 1.82) is 0 Å². The molecule has 1 heterocycles. The second-order valence-corrected chi connectivity index (χ2v) is 5.04. The number of methoxy groups -OCH3 is 1. The average Bonchev–Trinajstić information content (AvgIpc) is 2.54. The highest BCUT2D eigenvalue weighted by molar-refractivity contribution is 5.93. The van der Waals surface area contributed by atoms with Crippen molar-refractivity contribution in [2.24, 2.45) is 5.92 Å². The number of rotatable bonds is 3. The first kappa shape index (κ1) is 13.5. The van der Waals surface area contributed by atoms with Gasteiger partial charge in [-0.05, 0) is 30.2 Å². The second-order valence-electron chi connectivity index (χ2n) is 5.04. The Bertz CT molecular complexity index is 654. The fraction of sp³-hybridized carbons (Fsp3) is 0.235. The summed E-state index contributed by atoms with van der Waals surface area (Å²) < 4.78 is 10.8. The molecular weight excluding hydrogens is 266 g/mol. The van der Waals surface area contributed by atoms with Crippen LogP contribution in [0.2, 0.25) is 0 Å². The number of benzene rings is 2. The Hall–Kier alpha value is -2.49. The average molecular weight is 283 g/mol. The minimum Gasteiger partial charge on any atom is -0.497 e. The summed E-state index contributed by atoms with van der Waals surface area (Å²) in [5.74, 6) is 1.39. The molecule has 1 atom stereocenters. The molecule has 0 aromatic heterocycles. The van der Waals surface area contributed by atoms with E-state index in [0.29, 0.717) is 13.0 Å². The standard InChI is InChI=1S/C17H17NO3/c1-20-15-7-4-6-14(10-15)18-17(19)13-9-12-5-2-3-8-16(12)21-11-13/h2-8,10,13H,9,11H2,1H3,(H,18,19). The van der Waals surface area contributed by atoms with Gasteiger partial charge in [0, 0.05) is 11.8 Å². The van der Waals surface area contributed by atoms with E-state index in [1.54, 1.807) is 13.2 Å². The summed E-state index contributed by atoms with van der Waals surface area (Å²) in [6.45, 7) is 0.410. The van der Waals surface area contributed by atoms with E-state index in [1.165, 1.54) is 0 Å². The molecule has 1 aliphatic rings. The maximum absolute atomic E-state index is 12.3. The molecule has 3 rings (SSSR count). The van der Waals surface area contributed by atoms with Crippen LogP contribution in [0.4, 0.5) is 5.69 Å². The summed E-state index contributed by atoms with van der Waals surface area (Å²) in [7, 11) is 1.60. The normalized spacial score (nSPS) is 16.5. The van der Waals surface area contributed by atoms with Gasteiger partial charge in [0.1, 0.15) is 18.1 Å². The van der Waals surface area contributed by atoms with Crippen LogP contribution >= 0.6 is 0 Å². The summed E-state index contributed by atoms with van der Waals surface area (Å²) in [6, 6.07) is 15.2. The Morgan fingerprint density at radius 1 is 1.24 bits per heavy atom. The molecular formula is C17H17NO3.